The number of rotatable bonds is 3. The highest BCUT2D eigenvalue weighted by Gasteiger charge is 2.19. The third-order valence-corrected chi connectivity index (χ3v) is 2.83. The third kappa shape index (κ3) is 2.36. The molecule has 15 heavy (non-hydrogen) atoms. The van der Waals surface area contributed by atoms with E-state index in [0.717, 1.165) is 24.1 Å². The van der Waals surface area contributed by atoms with E-state index in [2.05, 4.69) is 5.32 Å². The molecule has 1 fully saturated rings. The van der Waals surface area contributed by atoms with Crippen molar-refractivity contribution in [3.05, 3.63) is 35.4 Å². The Labute approximate surface area is 89.1 Å². The predicted molar refractivity (Wildman–Crippen MR) is 57.8 cm³/mol. The van der Waals surface area contributed by atoms with E-state index in [-0.39, 0.29) is 6.42 Å². The first-order valence-corrected chi connectivity index (χ1v) is 5.30. The second-order valence-corrected chi connectivity index (χ2v) is 3.92. The Morgan fingerprint density at radius 2 is 2.27 bits per heavy atom. The van der Waals surface area contributed by atoms with Crippen molar-refractivity contribution < 1.29 is 9.90 Å². The SMILES string of the molecule is O=C(O)Cc1ccccc1[C@H]1CCCN1. The van der Waals surface area contributed by atoms with Crippen molar-refractivity contribution >= 4 is 5.97 Å². The summed E-state index contributed by atoms with van der Waals surface area (Å²) in [5, 5.41) is 12.2. The molecular weight excluding hydrogens is 190 g/mol. The Balaban J connectivity index is 2.24. The van der Waals surface area contributed by atoms with Crippen LogP contribution in [0.15, 0.2) is 24.3 Å². The van der Waals surface area contributed by atoms with Crippen LogP contribution in [-0.2, 0) is 11.2 Å². The van der Waals surface area contributed by atoms with Crippen molar-refractivity contribution in [1.82, 2.24) is 5.32 Å². The monoisotopic (exact) mass is 205 g/mol. The van der Waals surface area contributed by atoms with Gasteiger partial charge < -0.3 is 10.4 Å². The van der Waals surface area contributed by atoms with Gasteiger partial charge in [-0.25, -0.2) is 0 Å². The van der Waals surface area contributed by atoms with E-state index in [1.54, 1.807) is 0 Å². The number of benzene rings is 1. The second kappa shape index (κ2) is 4.45. The van der Waals surface area contributed by atoms with Gasteiger partial charge in [-0.2, -0.15) is 0 Å². The molecule has 1 heterocycles. The lowest BCUT2D eigenvalue weighted by molar-refractivity contribution is -0.136. The summed E-state index contributed by atoms with van der Waals surface area (Å²) in [6.07, 6.45) is 2.40. The van der Waals surface area contributed by atoms with Crippen LogP contribution >= 0.6 is 0 Å². The number of nitrogens with one attached hydrogen (secondary N) is 1. The van der Waals surface area contributed by atoms with Crippen LogP contribution in [0.1, 0.15) is 30.0 Å². The normalized spacial score (nSPS) is 20.4. The number of aliphatic carboxylic acids is 1. The second-order valence-electron chi connectivity index (χ2n) is 3.92. The average molecular weight is 205 g/mol. The van der Waals surface area contributed by atoms with Crippen molar-refractivity contribution in [2.45, 2.75) is 25.3 Å². The topological polar surface area (TPSA) is 49.3 Å². The van der Waals surface area contributed by atoms with Crippen LogP contribution in [0.5, 0.6) is 0 Å². The zero-order chi connectivity index (χ0) is 10.7. The van der Waals surface area contributed by atoms with Crippen molar-refractivity contribution in [2.24, 2.45) is 0 Å². The molecule has 0 aromatic heterocycles. The summed E-state index contributed by atoms with van der Waals surface area (Å²) >= 11 is 0. The first kappa shape index (κ1) is 10.2. The average Bonchev–Trinajstić information content (AvgIpc) is 2.70. The van der Waals surface area contributed by atoms with Gasteiger partial charge >= 0.3 is 5.97 Å². The fourth-order valence-corrected chi connectivity index (χ4v) is 2.15. The van der Waals surface area contributed by atoms with Gasteiger partial charge in [-0.3, -0.25) is 4.79 Å². The van der Waals surface area contributed by atoms with E-state index >= 15 is 0 Å². The van der Waals surface area contributed by atoms with Gasteiger partial charge in [0.1, 0.15) is 0 Å². The molecular formula is C12H15NO2. The number of carboxylic acid groups (broad SMARTS) is 1. The molecule has 0 aliphatic carbocycles. The number of carbonyl (C=O) groups is 1. The highest BCUT2D eigenvalue weighted by atomic mass is 16.4. The summed E-state index contributed by atoms with van der Waals surface area (Å²) in [7, 11) is 0. The standard InChI is InChI=1S/C12H15NO2/c14-12(15)8-9-4-1-2-5-10(9)11-6-3-7-13-11/h1-2,4-5,11,13H,3,6-8H2,(H,14,15)/t11-/m1/s1. The Hall–Kier alpha value is -1.35. The molecule has 1 aromatic rings. The molecule has 1 saturated heterocycles. The molecule has 3 nitrogen and oxygen atoms in total. The molecule has 0 unspecified atom stereocenters. The zero-order valence-electron chi connectivity index (χ0n) is 8.57. The van der Waals surface area contributed by atoms with E-state index in [0.29, 0.717) is 6.04 Å². The summed E-state index contributed by atoms with van der Waals surface area (Å²) in [6.45, 7) is 1.03. The minimum atomic E-state index is -0.763. The Kier molecular flexibility index (Phi) is 3.02. The molecule has 0 saturated carbocycles. The molecule has 0 spiro atoms. The van der Waals surface area contributed by atoms with Gasteiger partial charge in [-0.15, -0.1) is 0 Å². The molecule has 1 aromatic carbocycles. The zero-order valence-corrected chi connectivity index (χ0v) is 8.57. The minimum Gasteiger partial charge on any atom is -0.481 e. The number of hydrogen-bond donors (Lipinski definition) is 2. The lowest BCUT2D eigenvalue weighted by atomic mass is 9.97. The molecule has 80 valence electrons. The van der Waals surface area contributed by atoms with Gasteiger partial charge in [-0.1, -0.05) is 24.3 Å². The summed E-state index contributed by atoms with van der Waals surface area (Å²) < 4.78 is 0. The molecule has 1 aliphatic rings. The number of hydrogen-bond acceptors (Lipinski definition) is 2. The summed E-state index contributed by atoms with van der Waals surface area (Å²) in [5.74, 6) is -0.763. The van der Waals surface area contributed by atoms with Crippen LogP contribution in [0.3, 0.4) is 0 Å². The highest BCUT2D eigenvalue weighted by molar-refractivity contribution is 5.70. The molecule has 0 bridgehead atoms. The first-order chi connectivity index (χ1) is 7.27. The first-order valence-electron chi connectivity index (χ1n) is 5.30. The van der Waals surface area contributed by atoms with Crippen molar-refractivity contribution in [3.63, 3.8) is 0 Å². The molecule has 0 amide bonds. The Morgan fingerprint density at radius 3 is 2.93 bits per heavy atom. The van der Waals surface area contributed by atoms with Crippen molar-refractivity contribution in [2.75, 3.05) is 6.54 Å². The smallest absolute Gasteiger partial charge is 0.307 e. The molecule has 0 radical (unpaired) electrons. The van der Waals surface area contributed by atoms with Crippen LogP contribution in [0, 0.1) is 0 Å². The highest BCUT2D eigenvalue weighted by Crippen LogP contribution is 2.26. The van der Waals surface area contributed by atoms with Crippen LogP contribution < -0.4 is 5.32 Å². The maximum absolute atomic E-state index is 10.7. The third-order valence-electron chi connectivity index (χ3n) is 2.83. The summed E-state index contributed by atoms with van der Waals surface area (Å²) in [6, 6.07) is 8.16. The largest absolute Gasteiger partial charge is 0.481 e. The van der Waals surface area contributed by atoms with E-state index in [9.17, 15) is 4.79 Å². The Bertz CT molecular complexity index is 356. The summed E-state index contributed by atoms with van der Waals surface area (Å²) in [5.41, 5.74) is 2.09. The van der Waals surface area contributed by atoms with Gasteiger partial charge in [-0.05, 0) is 30.5 Å². The molecule has 1 atom stereocenters. The molecule has 1 aliphatic heterocycles. The lowest BCUT2D eigenvalue weighted by Crippen LogP contribution is -2.15. The van der Waals surface area contributed by atoms with Crippen LogP contribution in [0.25, 0.3) is 0 Å². The molecule has 2 N–H and O–H groups in total. The van der Waals surface area contributed by atoms with E-state index in [1.807, 2.05) is 24.3 Å². The minimum absolute atomic E-state index is 0.119. The van der Waals surface area contributed by atoms with Gasteiger partial charge in [0.2, 0.25) is 0 Å². The summed E-state index contributed by atoms with van der Waals surface area (Å²) in [4.78, 5) is 10.7. The molecule has 2 rings (SSSR count). The number of carboxylic acids is 1. The maximum atomic E-state index is 10.7. The van der Waals surface area contributed by atoms with Crippen LogP contribution in [0.4, 0.5) is 0 Å². The van der Waals surface area contributed by atoms with Crippen LogP contribution in [-0.4, -0.2) is 17.6 Å². The maximum Gasteiger partial charge on any atom is 0.307 e. The molecule has 3 heteroatoms. The van der Waals surface area contributed by atoms with E-state index in [4.69, 9.17) is 5.11 Å². The van der Waals surface area contributed by atoms with E-state index < -0.39 is 5.97 Å². The Morgan fingerprint density at radius 1 is 1.47 bits per heavy atom. The van der Waals surface area contributed by atoms with Gasteiger partial charge in [0.15, 0.2) is 0 Å². The van der Waals surface area contributed by atoms with Crippen molar-refractivity contribution in [3.8, 4) is 0 Å². The predicted octanol–water partition coefficient (Wildman–Crippen LogP) is 1.74. The van der Waals surface area contributed by atoms with Gasteiger partial charge in [0.05, 0.1) is 6.42 Å². The van der Waals surface area contributed by atoms with Crippen molar-refractivity contribution in [1.29, 1.82) is 0 Å². The van der Waals surface area contributed by atoms with Gasteiger partial charge in [0, 0.05) is 6.04 Å². The lowest BCUT2D eigenvalue weighted by Gasteiger charge is -2.14. The fraction of sp³-hybridized carbons (Fsp3) is 0.417. The van der Waals surface area contributed by atoms with Gasteiger partial charge in [0.25, 0.3) is 0 Å². The van der Waals surface area contributed by atoms with Crippen LogP contribution in [0.2, 0.25) is 0 Å². The fourth-order valence-electron chi connectivity index (χ4n) is 2.15. The quantitative estimate of drug-likeness (QED) is 0.790. The van der Waals surface area contributed by atoms with E-state index in [1.165, 1.54) is 6.42 Å².